The van der Waals surface area contributed by atoms with Crippen molar-refractivity contribution in [2.75, 3.05) is 5.32 Å². The monoisotopic (exact) mass is 521 g/mol. The van der Waals surface area contributed by atoms with Gasteiger partial charge in [0.25, 0.3) is 0 Å². The summed E-state index contributed by atoms with van der Waals surface area (Å²) in [6.07, 6.45) is 9.89. The van der Waals surface area contributed by atoms with Crippen LogP contribution in [0.2, 0.25) is 0 Å². The minimum absolute atomic E-state index is 0.0782. The molecule has 3 heterocycles. The molecule has 0 aliphatic rings. The van der Waals surface area contributed by atoms with Crippen LogP contribution in [-0.2, 0) is 23.6 Å². The van der Waals surface area contributed by atoms with Crippen molar-refractivity contribution in [2.45, 2.75) is 11.4 Å². The first-order valence-electron chi connectivity index (χ1n) is 11.9. The fourth-order valence-electron chi connectivity index (χ4n) is 4.43. The van der Waals surface area contributed by atoms with E-state index in [2.05, 4.69) is 58.8 Å². The molecule has 0 aliphatic carbocycles. The van der Waals surface area contributed by atoms with Crippen LogP contribution in [0.4, 0.5) is 11.4 Å². The Morgan fingerprint density at radius 2 is 1.74 bits per heavy atom. The fraction of sp³-hybridized carbons (Fsp3) is 0.0714. The highest BCUT2D eigenvalue weighted by molar-refractivity contribution is 7.89. The van der Waals surface area contributed by atoms with Gasteiger partial charge in [0, 0.05) is 66.9 Å². The van der Waals surface area contributed by atoms with Gasteiger partial charge in [-0.1, -0.05) is 24.3 Å². The largest absolute Gasteiger partial charge is 0.354 e. The Morgan fingerprint density at radius 1 is 0.921 bits per heavy atom. The minimum atomic E-state index is -3.84. The lowest BCUT2D eigenvalue weighted by Crippen LogP contribution is -2.24. The third-order valence-corrected chi connectivity index (χ3v) is 7.77. The third-order valence-electron chi connectivity index (χ3n) is 6.31. The van der Waals surface area contributed by atoms with E-state index in [1.807, 2.05) is 25.4 Å². The van der Waals surface area contributed by atoms with Gasteiger partial charge in [0.1, 0.15) is 11.2 Å². The summed E-state index contributed by atoms with van der Waals surface area (Å²) in [6.45, 7) is 0.0782. The van der Waals surface area contributed by atoms with Crippen molar-refractivity contribution < 1.29 is 8.42 Å². The van der Waals surface area contributed by atoms with E-state index in [1.165, 1.54) is 6.33 Å². The van der Waals surface area contributed by atoms with Gasteiger partial charge in [0.05, 0.1) is 16.7 Å². The quantitative estimate of drug-likeness (QED) is 0.310. The zero-order chi connectivity index (χ0) is 26.1. The summed E-state index contributed by atoms with van der Waals surface area (Å²) in [6, 6.07) is 19.0. The number of benzene rings is 3. The Hall–Kier alpha value is -4.67. The third kappa shape index (κ3) is 4.58. The molecule has 0 bridgehead atoms. The molecule has 38 heavy (non-hydrogen) atoms. The van der Waals surface area contributed by atoms with Crippen LogP contribution in [0, 0.1) is 0 Å². The maximum absolute atomic E-state index is 13.2. The number of hydrogen-bond donors (Lipinski definition) is 2. The summed E-state index contributed by atoms with van der Waals surface area (Å²) in [5.74, 6) is 0. The maximum Gasteiger partial charge on any atom is 0.242 e. The number of aromatic nitrogens is 5. The van der Waals surface area contributed by atoms with Gasteiger partial charge in [0.15, 0.2) is 0 Å². The van der Waals surface area contributed by atoms with E-state index in [1.54, 1.807) is 49.1 Å². The number of hydrogen-bond acceptors (Lipinski definition) is 7. The van der Waals surface area contributed by atoms with Crippen LogP contribution in [0.3, 0.4) is 0 Å². The van der Waals surface area contributed by atoms with Crippen molar-refractivity contribution in [2.24, 2.45) is 7.05 Å². The van der Waals surface area contributed by atoms with Crippen LogP contribution < -0.4 is 10.0 Å². The average Bonchev–Trinajstić information content (AvgIpc) is 3.32. The van der Waals surface area contributed by atoms with E-state index >= 15 is 0 Å². The van der Waals surface area contributed by atoms with E-state index in [9.17, 15) is 8.42 Å². The molecule has 0 aliphatic heterocycles. The Bertz CT molecular complexity index is 1890. The van der Waals surface area contributed by atoms with E-state index in [0.29, 0.717) is 22.5 Å². The van der Waals surface area contributed by atoms with E-state index in [0.717, 1.165) is 27.5 Å². The normalized spacial score (nSPS) is 11.7. The average molecular weight is 522 g/mol. The van der Waals surface area contributed by atoms with Gasteiger partial charge >= 0.3 is 0 Å². The first-order valence-corrected chi connectivity index (χ1v) is 13.4. The number of nitrogens with one attached hydrogen (secondary N) is 2. The molecule has 6 rings (SSSR count). The van der Waals surface area contributed by atoms with Crippen LogP contribution in [0.25, 0.3) is 33.1 Å². The first kappa shape index (κ1) is 23.7. The number of para-hydroxylation sites is 1. The van der Waals surface area contributed by atoms with Gasteiger partial charge in [0.2, 0.25) is 10.0 Å². The van der Waals surface area contributed by atoms with Crippen LogP contribution in [-0.4, -0.2) is 32.9 Å². The Balaban J connectivity index is 1.39. The van der Waals surface area contributed by atoms with Crippen LogP contribution in [0.1, 0.15) is 5.56 Å². The van der Waals surface area contributed by atoms with Crippen LogP contribution in [0.15, 0.2) is 103 Å². The molecule has 9 nitrogen and oxygen atoms in total. The number of sulfonamides is 1. The summed E-state index contributed by atoms with van der Waals surface area (Å²) >= 11 is 0. The lowest BCUT2D eigenvalue weighted by atomic mass is 10.0. The smallest absolute Gasteiger partial charge is 0.242 e. The van der Waals surface area contributed by atoms with E-state index in [-0.39, 0.29) is 11.4 Å². The van der Waals surface area contributed by atoms with Crippen molar-refractivity contribution >= 4 is 43.3 Å². The van der Waals surface area contributed by atoms with Crippen molar-refractivity contribution in [3.8, 4) is 11.1 Å². The van der Waals surface area contributed by atoms with Crippen molar-refractivity contribution in [1.82, 2.24) is 29.2 Å². The van der Waals surface area contributed by atoms with E-state index in [4.69, 9.17) is 0 Å². The summed E-state index contributed by atoms with van der Waals surface area (Å²) in [5.41, 5.74) is 6.24. The molecule has 0 amide bonds. The van der Waals surface area contributed by atoms with Crippen molar-refractivity contribution in [1.29, 1.82) is 0 Å². The number of aryl methyl sites for hydroxylation is 1. The van der Waals surface area contributed by atoms with Gasteiger partial charge in [-0.05, 0) is 47.3 Å². The summed E-state index contributed by atoms with van der Waals surface area (Å²) in [5, 5.41) is 4.45. The molecule has 3 aromatic carbocycles. The Labute approximate surface area is 219 Å². The second kappa shape index (κ2) is 9.66. The minimum Gasteiger partial charge on any atom is -0.354 e. The van der Waals surface area contributed by atoms with Crippen molar-refractivity contribution in [3.05, 3.63) is 104 Å². The number of rotatable bonds is 7. The molecule has 2 N–H and O–H groups in total. The standard InChI is InChI=1S/C28H23N7O2S/c1-35-11-8-20-6-7-21(12-26(20)35)23-13-22(14-25-28(23)32-10-9-31-25)34-24-4-2-3-5-27(24)38(36,37)33-17-19-15-29-18-30-16-19/h2-16,18,33-34H,17H2,1H3. The Morgan fingerprint density at radius 3 is 2.61 bits per heavy atom. The molecule has 0 spiro atoms. The fourth-order valence-corrected chi connectivity index (χ4v) is 5.61. The zero-order valence-corrected chi connectivity index (χ0v) is 21.2. The number of nitrogens with zero attached hydrogens (tertiary/aromatic N) is 5. The molecule has 0 fully saturated rings. The highest BCUT2D eigenvalue weighted by atomic mass is 32.2. The summed E-state index contributed by atoms with van der Waals surface area (Å²) < 4.78 is 31.2. The Kier molecular flexibility index (Phi) is 6.02. The van der Waals surface area contributed by atoms with Gasteiger partial charge in [-0.3, -0.25) is 9.97 Å². The number of fused-ring (bicyclic) bond motifs is 2. The van der Waals surface area contributed by atoms with Gasteiger partial charge in [-0.25, -0.2) is 23.1 Å². The molecule has 3 aromatic heterocycles. The molecule has 0 atom stereocenters. The molecule has 0 unspecified atom stereocenters. The molecular formula is C28H23N7O2S. The van der Waals surface area contributed by atoms with E-state index < -0.39 is 10.0 Å². The molecule has 0 saturated carbocycles. The molecule has 188 valence electrons. The number of anilines is 2. The van der Waals surface area contributed by atoms with Crippen LogP contribution in [0.5, 0.6) is 0 Å². The molecular weight excluding hydrogens is 498 g/mol. The van der Waals surface area contributed by atoms with Gasteiger partial charge in [-0.2, -0.15) is 0 Å². The van der Waals surface area contributed by atoms with Gasteiger partial charge in [-0.15, -0.1) is 0 Å². The molecule has 0 saturated heterocycles. The first-order chi connectivity index (χ1) is 18.5. The van der Waals surface area contributed by atoms with Crippen molar-refractivity contribution in [3.63, 3.8) is 0 Å². The lowest BCUT2D eigenvalue weighted by Gasteiger charge is -2.15. The SMILES string of the molecule is Cn1ccc2ccc(-c3cc(Nc4ccccc4S(=O)(=O)NCc4cncnc4)cc4nccnc34)cc21. The van der Waals surface area contributed by atoms with Gasteiger partial charge < -0.3 is 9.88 Å². The maximum atomic E-state index is 13.2. The highest BCUT2D eigenvalue weighted by Crippen LogP contribution is 2.34. The summed E-state index contributed by atoms with van der Waals surface area (Å²) in [7, 11) is -1.82. The second-order valence-electron chi connectivity index (χ2n) is 8.84. The highest BCUT2D eigenvalue weighted by Gasteiger charge is 2.19. The predicted octanol–water partition coefficient (Wildman–Crippen LogP) is 4.80. The topological polar surface area (TPSA) is 115 Å². The van der Waals surface area contributed by atoms with Crippen LogP contribution >= 0.6 is 0 Å². The molecule has 0 radical (unpaired) electrons. The zero-order valence-electron chi connectivity index (χ0n) is 20.4. The molecule has 10 heteroatoms. The second-order valence-corrected chi connectivity index (χ2v) is 10.6. The lowest BCUT2D eigenvalue weighted by molar-refractivity contribution is 0.581. The summed E-state index contributed by atoms with van der Waals surface area (Å²) in [4.78, 5) is 17.1. The molecule has 6 aromatic rings. The predicted molar refractivity (Wildman–Crippen MR) is 147 cm³/mol.